The minimum atomic E-state index is -0.385. The topological polar surface area (TPSA) is 83.8 Å². The van der Waals surface area contributed by atoms with E-state index in [0.717, 1.165) is 22.0 Å². The fraction of sp³-hybridized carbons (Fsp3) is 0.200. The van der Waals surface area contributed by atoms with Crippen LogP contribution in [0.25, 0.3) is 10.9 Å². The number of amides is 1. The molecule has 0 unspecified atom stereocenters. The Morgan fingerprint density at radius 1 is 1.40 bits per heavy atom. The smallest absolute Gasteiger partial charge is 0.286 e. The lowest BCUT2D eigenvalue weighted by Gasteiger charge is -2.00. The maximum Gasteiger partial charge on any atom is 0.286 e. The predicted octanol–water partition coefficient (Wildman–Crippen LogP) is 0.783. The predicted molar refractivity (Wildman–Crippen MR) is 57.2 cm³/mol. The average molecular weight is 204 g/mol. The van der Waals surface area contributed by atoms with Gasteiger partial charge in [-0.15, -0.1) is 0 Å². The Hall–Kier alpha value is -1.88. The lowest BCUT2D eigenvalue weighted by molar-refractivity contribution is 0.0950. The zero-order chi connectivity index (χ0) is 11.0. The number of hydrogen-bond donors (Lipinski definition) is 3. The van der Waals surface area contributed by atoms with Crippen LogP contribution in [0.1, 0.15) is 21.6 Å². The number of fused-ring (bicyclic) bond motifs is 1. The highest BCUT2D eigenvalue weighted by molar-refractivity contribution is 6.04. The summed E-state index contributed by atoms with van der Waals surface area (Å²) in [7, 11) is 0. The number of carbonyl (C=O) groups is 1. The van der Waals surface area contributed by atoms with Crippen molar-refractivity contribution in [3.8, 4) is 0 Å². The van der Waals surface area contributed by atoms with Crippen LogP contribution in [-0.4, -0.2) is 16.1 Å². The number of H-pyrrole nitrogens is 1. The second kappa shape index (κ2) is 3.36. The van der Waals surface area contributed by atoms with Crippen LogP contribution in [0, 0.1) is 13.8 Å². The molecule has 2 rings (SSSR count). The highest BCUT2D eigenvalue weighted by Gasteiger charge is 2.13. The summed E-state index contributed by atoms with van der Waals surface area (Å²) in [5.74, 6) is 4.68. The van der Waals surface area contributed by atoms with Crippen LogP contribution in [0.15, 0.2) is 12.1 Å². The average Bonchev–Trinajstić information content (AvgIpc) is 2.61. The second-order valence-corrected chi connectivity index (χ2v) is 3.53. The molecule has 0 spiro atoms. The summed E-state index contributed by atoms with van der Waals surface area (Å²) in [5.41, 5.74) is 5.52. The highest BCUT2D eigenvalue weighted by Crippen LogP contribution is 2.20. The number of hydrazine groups is 1. The molecule has 0 aliphatic rings. The van der Waals surface area contributed by atoms with E-state index in [1.165, 1.54) is 0 Å². The third kappa shape index (κ3) is 1.46. The van der Waals surface area contributed by atoms with E-state index in [4.69, 9.17) is 5.84 Å². The van der Waals surface area contributed by atoms with Crippen LogP contribution in [0.2, 0.25) is 0 Å². The van der Waals surface area contributed by atoms with Crippen LogP contribution in [0.4, 0.5) is 0 Å². The van der Waals surface area contributed by atoms with E-state index in [1.807, 2.05) is 26.0 Å². The molecule has 2 aromatic rings. The molecule has 78 valence electrons. The maximum absolute atomic E-state index is 11.4. The number of aryl methyl sites for hydroxylation is 2. The monoisotopic (exact) mass is 204 g/mol. The van der Waals surface area contributed by atoms with Crippen molar-refractivity contribution in [3.05, 3.63) is 29.0 Å². The van der Waals surface area contributed by atoms with E-state index in [-0.39, 0.29) is 5.91 Å². The van der Waals surface area contributed by atoms with Crippen LogP contribution >= 0.6 is 0 Å². The first-order chi connectivity index (χ1) is 7.13. The fourth-order valence-corrected chi connectivity index (χ4v) is 1.52. The molecular weight excluding hydrogens is 192 g/mol. The van der Waals surface area contributed by atoms with Crippen molar-refractivity contribution in [3.63, 3.8) is 0 Å². The van der Waals surface area contributed by atoms with Crippen molar-refractivity contribution < 1.29 is 4.79 Å². The normalized spacial score (nSPS) is 10.6. The minimum absolute atomic E-state index is 0.329. The van der Waals surface area contributed by atoms with Gasteiger partial charge in [-0.3, -0.25) is 15.3 Å². The molecule has 0 saturated heterocycles. The third-order valence-electron chi connectivity index (χ3n) is 2.52. The minimum Gasteiger partial charge on any atom is -0.289 e. The number of aromatic nitrogens is 2. The van der Waals surface area contributed by atoms with Crippen molar-refractivity contribution in [1.82, 2.24) is 15.6 Å². The van der Waals surface area contributed by atoms with E-state index in [2.05, 4.69) is 15.6 Å². The molecule has 1 heterocycles. The van der Waals surface area contributed by atoms with Gasteiger partial charge in [-0.25, -0.2) is 5.84 Å². The van der Waals surface area contributed by atoms with E-state index < -0.39 is 0 Å². The highest BCUT2D eigenvalue weighted by atomic mass is 16.2. The first-order valence-electron chi connectivity index (χ1n) is 4.59. The summed E-state index contributed by atoms with van der Waals surface area (Å²) >= 11 is 0. The Bertz CT molecular complexity index is 529. The number of rotatable bonds is 1. The van der Waals surface area contributed by atoms with Crippen molar-refractivity contribution in [2.45, 2.75) is 13.8 Å². The van der Waals surface area contributed by atoms with E-state index in [1.54, 1.807) is 0 Å². The van der Waals surface area contributed by atoms with Gasteiger partial charge in [-0.1, -0.05) is 0 Å². The molecule has 1 aromatic heterocycles. The Kier molecular flexibility index (Phi) is 2.17. The maximum atomic E-state index is 11.4. The molecule has 1 amide bonds. The van der Waals surface area contributed by atoms with Crippen LogP contribution in [0.3, 0.4) is 0 Å². The number of nitrogens with one attached hydrogen (secondary N) is 2. The van der Waals surface area contributed by atoms with Crippen LogP contribution in [0.5, 0.6) is 0 Å². The van der Waals surface area contributed by atoms with E-state index >= 15 is 0 Å². The summed E-state index contributed by atoms with van der Waals surface area (Å²) in [6.07, 6.45) is 0. The summed E-state index contributed by atoms with van der Waals surface area (Å²) < 4.78 is 0. The zero-order valence-corrected chi connectivity index (χ0v) is 8.59. The lowest BCUT2D eigenvalue weighted by atomic mass is 10.1. The van der Waals surface area contributed by atoms with Gasteiger partial charge in [0, 0.05) is 5.39 Å². The summed E-state index contributed by atoms with van der Waals surface area (Å²) in [4.78, 5) is 11.4. The molecule has 0 bridgehead atoms. The molecule has 0 saturated carbocycles. The molecule has 4 N–H and O–H groups in total. The van der Waals surface area contributed by atoms with Crippen LogP contribution < -0.4 is 11.3 Å². The lowest BCUT2D eigenvalue weighted by Crippen LogP contribution is -2.30. The van der Waals surface area contributed by atoms with Gasteiger partial charge in [-0.05, 0) is 37.1 Å². The first kappa shape index (κ1) is 9.67. The van der Waals surface area contributed by atoms with E-state index in [0.29, 0.717) is 5.69 Å². The van der Waals surface area contributed by atoms with Crippen molar-refractivity contribution in [2.24, 2.45) is 5.84 Å². The quantitative estimate of drug-likeness (QED) is 0.364. The van der Waals surface area contributed by atoms with Gasteiger partial charge in [0.1, 0.15) is 0 Å². The molecule has 5 nitrogen and oxygen atoms in total. The number of carbonyl (C=O) groups excluding carboxylic acids is 1. The van der Waals surface area contributed by atoms with Gasteiger partial charge in [-0.2, -0.15) is 5.10 Å². The van der Waals surface area contributed by atoms with Gasteiger partial charge >= 0.3 is 0 Å². The van der Waals surface area contributed by atoms with Gasteiger partial charge in [0.05, 0.1) is 5.52 Å². The first-order valence-corrected chi connectivity index (χ1v) is 4.59. The zero-order valence-electron chi connectivity index (χ0n) is 8.59. The standard InChI is InChI=1S/C10H12N4O/c1-5-3-7-8(4-6(5)2)13-14-9(7)10(15)12-11/h3-4H,11H2,1-2H3,(H,12,15)(H,13,14). The number of benzene rings is 1. The number of hydrogen-bond acceptors (Lipinski definition) is 3. The summed E-state index contributed by atoms with van der Waals surface area (Å²) in [5, 5.41) is 7.53. The Morgan fingerprint density at radius 3 is 2.73 bits per heavy atom. The molecule has 0 atom stereocenters. The Morgan fingerprint density at radius 2 is 2.07 bits per heavy atom. The number of nitrogens with zero attached hydrogens (tertiary/aromatic N) is 1. The third-order valence-corrected chi connectivity index (χ3v) is 2.52. The van der Waals surface area contributed by atoms with Crippen LogP contribution in [-0.2, 0) is 0 Å². The molecular formula is C10H12N4O. The Labute approximate surface area is 86.6 Å². The summed E-state index contributed by atoms with van der Waals surface area (Å²) in [6, 6.07) is 3.89. The van der Waals surface area contributed by atoms with E-state index in [9.17, 15) is 4.79 Å². The number of aromatic amines is 1. The molecule has 0 radical (unpaired) electrons. The summed E-state index contributed by atoms with van der Waals surface area (Å²) in [6.45, 7) is 4.00. The van der Waals surface area contributed by atoms with Crippen molar-refractivity contribution in [2.75, 3.05) is 0 Å². The van der Waals surface area contributed by atoms with Gasteiger partial charge in [0.25, 0.3) is 5.91 Å². The largest absolute Gasteiger partial charge is 0.289 e. The molecule has 0 aliphatic heterocycles. The van der Waals surface area contributed by atoms with Gasteiger partial charge in [0.2, 0.25) is 0 Å². The Balaban J connectivity index is 2.69. The fourth-order valence-electron chi connectivity index (χ4n) is 1.52. The number of nitrogen functional groups attached to an aromatic ring is 1. The molecule has 0 aliphatic carbocycles. The SMILES string of the molecule is Cc1cc2[nH]nc(C(=O)NN)c2cc1C. The molecule has 15 heavy (non-hydrogen) atoms. The van der Waals surface area contributed by atoms with Crippen molar-refractivity contribution >= 4 is 16.8 Å². The van der Waals surface area contributed by atoms with Gasteiger partial charge < -0.3 is 0 Å². The molecule has 1 aromatic carbocycles. The molecule has 5 heteroatoms. The van der Waals surface area contributed by atoms with Gasteiger partial charge in [0.15, 0.2) is 5.69 Å². The van der Waals surface area contributed by atoms with Crippen molar-refractivity contribution in [1.29, 1.82) is 0 Å². The number of nitrogens with two attached hydrogens (primary N) is 1. The second-order valence-electron chi connectivity index (χ2n) is 3.53. The molecule has 0 fully saturated rings.